The van der Waals surface area contributed by atoms with Crippen LogP contribution in [0.2, 0.25) is 5.02 Å². The van der Waals surface area contributed by atoms with Gasteiger partial charge in [0, 0.05) is 10.7 Å². The summed E-state index contributed by atoms with van der Waals surface area (Å²) in [6, 6.07) is 17.9. The molecule has 34 heavy (non-hydrogen) atoms. The van der Waals surface area contributed by atoms with Crippen molar-refractivity contribution in [2.24, 2.45) is 0 Å². The Morgan fingerprint density at radius 1 is 1.18 bits per heavy atom. The lowest BCUT2D eigenvalue weighted by Gasteiger charge is -2.14. The van der Waals surface area contributed by atoms with Gasteiger partial charge in [-0.1, -0.05) is 53.8 Å². The van der Waals surface area contributed by atoms with Crippen LogP contribution in [0.25, 0.3) is 6.08 Å². The number of nitrogens with zero attached hydrogens (tertiary/aromatic N) is 1. The van der Waals surface area contributed by atoms with E-state index in [4.69, 9.17) is 28.6 Å². The Morgan fingerprint density at radius 2 is 1.91 bits per heavy atom. The molecule has 0 bridgehead atoms. The third kappa shape index (κ3) is 5.47. The molecule has 3 aromatic carbocycles. The van der Waals surface area contributed by atoms with Gasteiger partial charge in [-0.15, -0.1) is 0 Å². The second-order valence-electron chi connectivity index (χ2n) is 7.32. The van der Waals surface area contributed by atoms with Crippen LogP contribution < -0.4 is 15.0 Å². The second kappa shape index (κ2) is 10.4. The third-order valence-electron chi connectivity index (χ3n) is 4.95. The Balaban J connectivity index is 1.42. The van der Waals surface area contributed by atoms with Gasteiger partial charge in [0.25, 0.3) is 11.8 Å². The second-order valence-corrected chi connectivity index (χ2v) is 9.40. The molecule has 0 atom stereocenters. The van der Waals surface area contributed by atoms with E-state index in [1.807, 2.05) is 13.0 Å². The summed E-state index contributed by atoms with van der Waals surface area (Å²) in [5.41, 5.74) is 2.61. The fraction of sp³-hybridized carbons (Fsp3) is 0.0800. The molecule has 3 aromatic rings. The van der Waals surface area contributed by atoms with Gasteiger partial charge in [-0.05, 0) is 72.7 Å². The summed E-state index contributed by atoms with van der Waals surface area (Å²) in [5, 5.41) is 3.34. The highest BCUT2D eigenvalue weighted by molar-refractivity contribution is 8.27. The van der Waals surface area contributed by atoms with Crippen LogP contribution >= 0.6 is 35.6 Å². The Bertz CT molecular complexity index is 1310. The van der Waals surface area contributed by atoms with E-state index in [0.29, 0.717) is 36.9 Å². The molecule has 0 spiro atoms. The van der Waals surface area contributed by atoms with Crippen LogP contribution in [0, 0.1) is 12.7 Å². The van der Waals surface area contributed by atoms with Crippen molar-refractivity contribution in [3.63, 3.8) is 0 Å². The van der Waals surface area contributed by atoms with Crippen molar-refractivity contribution < 1.29 is 18.7 Å². The number of halogens is 2. The maximum Gasteiger partial charge on any atom is 0.270 e. The molecule has 1 N–H and O–H groups in total. The van der Waals surface area contributed by atoms with Gasteiger partial charge < -0.3 is 10.1 Å². The first-order chi connectivity index (χ1) is 16.3. The van der Waals surface area contributed by atoms with Crippen LogP contribution in [0.5, 0.6) is 5.75 Å². The standard InChI is InChI=1S/C25H18ClFN2O3S2/c1-15-20(26)6-3-7-21(15)28-23(30)14-32-19-5-2-4-16(12-19)13-22-24(31)29(25(33)34-22)18-10-8-17(27)9-11-18/h2-13H,14H2,1H3,(H,28,30)/b22-13-. The molecular weight excluding hydrogens is 495 g/mol. The van der Waals surface area contributed by atoms with E-state index in [2.05, 4.69) is 5.32 Å². The molecule has 1 saturated heterocycles. The normalized spacial score (nSPS) is 14.6. The molecule has 172 valence electrons. The highest BCUT2D eigenvalue weighted by atomic mass is 35.5. The van der Waals surface area contributed by atoms with Crippen LogP contribution in [-0.2, 0) is 9.59 Å². The van der Waals surface area contributed by atoms with Gasteiger partial charge in [0.15, 0.2) is 10.9 Å². The van der Waals surface area contributed by atoms with Crippen molar-refractivity contribution in [2.75, 3.05) is 16.8 Å². The highest BCUT2D eigenvalue weighted by Crippen LogP contribution is 2.36. The number of nitrogens with one attached hydrogen (secondary N) is 1. The molecule has 4 rings (SSSR count). The van der Waals surface area contributed by atoms with Gasteiger partial charge in [0.2, 0.25) is 0 Å². The lowest BCUT2D eigenvalue weighted by atomic mass is 10.2. The number of rotatable bonds is 6. The predicted molar refractivity (Wildman–Crippen MR) is 139 cm³/mol. The number of thioether (sulfide) groups is 1. The van der Waals surface area contributed by atoms with E-state index in [1.165, 1.54) is 29.2 Å². The summed E-state index contributed by atoms with van der Waals surface area (Å²) in [6.07, 6.45) is 1.70. The Morgan fingerprint density at radius 3 is 2.68 bits per heavy atom. The fourth-order valence-corrected chi connectivity index (χ4v) is 4.68. The van der Waals surface area contributed by atoms with Gasteiger partial charge in [-0.25, -0.2) is 4.39 Å². The van der Waals surface area contributed by atoms with E-state index < -0.39 is 5.82 Å². The fourth-order valence-electron chi connectivity index (χ4n) is 3.20. The number of anilines is 2. The van der Waals surface area contributed by atoms with Gasteiger partial charge in [0.05, 0.1) is 10.6 Å². The number of hydrogen-bond acceptors (Lipinski definition) is 5. The van der Waals surface area contributed by atoms with Crippen molar-refractivity contribution in [3.05, 3.63) is 93.6 Å². The van der Waals surface area contributed by atoms with E-state index in [-0.39, 0.29) is 18.4 Å². The SMILES string of the molecule is Cc1c(Cl)cccc1NC(=O)COc1cccc(/C=C2\SC(=S)N(c3ccc(F)cc3)C2=O)c1. The molecule has 0 saturated carbocycles. The molecule has 0 aromatic heterocycles. The van der Waals surface area contributed by atoms with Gasteiger partial charge in [-0.3, -0.25) is 14.5 Å². The number of amides is 2. The molecule has 1 aliphatic rings. The van der Waals surface area contributed by atoms with Gasteiger partial charge >= 0.3 is 0 Å². The van der Waals surface area contributed by atoms with Gasteiger partial charge in [-0.2, -0.15) is 0 Å². The third-order valence-corrected chi connectivity index (χ3v) is 6.66. The zero-order valence-electron chi connectivity index (χ0n) is 17.9. The molecule has 1 fully saturated rings. The van der Waals surface area contributed by atoms with E-state index in [1.54, 1.807) is 42.5 Å². The molecule has 9 heteroatoms. The molecule has 0 aliphatic carbocycles. The largest absolute Gasteiger partial charge is 0.484 e. The summed E-state index contributed by atoms with van der Waals surface area (Å²) in [5.74, 6) is -0.529. The number of ether oxygens (including phenoxy) is 1. The topological polar surface area (TPSA) is 58.6 Å². The lowest BCUT2D eigenvalue weighted by molar-refractivity contribution is -0.118. The summed E-state index contributed by atoms with van der Waals surface area (Å²) in [4.78, 5) is 27.0. The van der Waals surface area contributed by atoms with Crippen LogP contribution in [-0.4, -0.2) is 22.7 Å². The average Bonchev–Trinajstić information content (AvgIpc) is 3.09. The predicted octanol–water partition coefficient (Wildman–Crippen LogP) is 6.21. The minimum Gasteiger partial charge on any atom is -0.484 e. The number of carbonyl (C=O) groups excluding carboxylic acids is 2. The molecular formula is C25H18ClFN2O3S2. The Hall–Kier alpha value is -3.20. The monoisotopic (exact) mass is 512 g/mol. The van der Waals surface area contributed by atoms with Crippen LogP contribution in [0.15, 0.2) is 71.6 Å². The smallest absolute Gasteiger partial charge is 0.270 e. The van der Waals surface area contributed by atoms with Crippen molar-refractivity contribution >= 4 is 69.2 Å². The lowest BCUT2D eigenvalue weighted by Crippen LogP contribution is -2.27. The Kier molecular flexibility index (Phi) is 7.31. The number of benzene rings is 3. The molecule has 5 nitrogen and oxygen atoms in total. The molecule has 0 unspecified atom stereocenters. The van der Waals surface area contributed by atoms with Crippen LogP contribution in [0.4, 0.5) is 15.8 Å². The summed E-state index contributed by atoms with van der Waals surface area (Å²) < 4.78 is 19.2. The Labute approximate surface area is 210 Å². The molecule has 2 amide bonds. The first-order valence-electron chi connectivity index (χ1n) is 10.1. The van der Waals surface area contributed by atoms with Crippen molar-refractivity contribution in [1.29, 1.82) is 0 Å². The van der Waals surface area contributed by atoms with Gasteiger partial charge in [0.1, 0.15) is 11.6 Å². The summed E-state index contributed by atoms with van der Waals surface area (Å²) in [6.45, 7) is 1.63. The minimum absolute atomic E-state index is 0.192. The van der Waals surface area contributed by atoms with E-state index >= 15 is 0 Å². The summed E-state index contributed by atoms with van der Waals surface area (Å²) in [7, 11) is 0. The van der Waals surface area contributed by atoms with Crippen molar-refractivity contribution in [2.45, 2.75) is 6.92 Å². The minimum atomic E-state index is -0.391. The summed E-state index contributed by atoms with van der Waals surface area (Å²) >= 11 is 12.6. The molecule has 0 radical (unpaired) electrons. The number of hydrogen-bond donors (Lipinski definition) is 1. The molecule has 1 heterocycles. The quantitative estimate of drug-likeness (QED) is 0.314. The van der Waals surface area contributed by atoms with Crippen LogP contribution in [0.3, 0.4) is 0 Å². The molecule has 1 aliphatic heterocycles. The van der Waals surface area contributed by atoms with Crippen LogP contribution in [0.1, 0.15) is 11.1 Å². The average molecular weight is 513 g/mol. The highest BCUT2D eigenvalue weighted by Gasteiger charge is 2.33. The van der Waals surface area contributed by atoms with Crippen molar-refractivity contribution in [3.8, 4) is 5.75 Å². The zero-order valence-corrected chi connectivity index (χ0v) is 20.3. The maximum atomic E-state index is 13.2. The first-order valence-corrected chi connectivity index (χ1v) is 11.7. The maximum absolute atomic E-state index is 13.2. The van der Waals surface area contributed by atoms with Crippen molar-refractivity contribution in [1.82, 2.24) is 0 Å². The number of thiocarbonyl (C=S) groups is 1. The zero-order chi connectivity index (χ0) is 24.2. The van der Waals surface area contributed by atoms with E-state index in [0.717, 1.165) is 17.3 Å². The van der Waals surface area contributed by atoms with E-state index in [9.17, 15) is 14.0 Å². The first kappa shape index (κ1) is 23.9. The number of carbonyl (C=O) groups is 2.